The van der Waals surface area contributed by atoms with Gasteiger partial charge >= 0.3 is 0 Å². The van der Waals surface area contributed by atoms with Crippen molar-refractivity contribution in [2.45, 2.75) is 31.8 Å². The third-order valence-corrected chi connectivity index (χ3v) is 3.00. The summed E-state index contributed by atoms with van der Waals surface area (Å²) in [5, 5.41) is 10.1. The summed E-state index contributed by atoms with van der Waals surface area (Å²) >= 11 is 0. The molecule has 2 heterocycles. The van der Waals surface area contributed by atoms with E-state index in [2.05, 4.69) is 30.0 Å². The Hall–Kier alpha value is -1.69. The van der Waals surface area contributed by atoms with Crippen LogP contribution in [0.4, 0.5) is 0 Å². The number of nitrogens with zero attached hydrogens (tertiary/aromatic N) is 4. The lowest BCUT2D eigenvalue weighted by molar-refractivity contribution is 0.615. The summed E-state index contributed by atoms with van der Waals surface area (Å²) in [6, 6.07) is 0.698. The molecule has 90 valence electrons. The molecule has 2 aromatic rings. The standard InChI is InChI=1S/C11H16N6/c1-2-9(1)17-8-13-6-10(17)5-12-4-3-11-14-7-15-16-11/h6-9,12H,1-5H2,(H,14,15,16). The van der Waals surface area contributed by atoms with Crippen LogP contribution in [0.15, 0.2) is 18.9 Å². The highest BCUT2D eigenvalue weighted by Crippen LogP contribution is 2.35. The van der Waals surface area contributed by atoms with Gasteiger partial charge in [-0.25, -0.2) is 9.97 Å². The molecule has 0 atom stereocenters. The van der Waals surface area contributed by atoms with E-state index in [4.69, 9.17) is 0 Å². The Morgan fingerprint density at radius 3 is 3.18 bits per heavy atom. The first-order valence-electron chi connectivity index (χ1n) is 5.99. The summed E-state index contributed by atoms with van der Waals surface area (Å²) < 4.78 is 2.28. The SMILES string of the molecule is c1n[nH]c(CCNCc2cncn2C2CC2)n1. The van der Waals surface area contributed by atoms with Crippen molar-refractivity contribution in [1.29, 1.82) is 0 Å². The molecule has 3 rings (SSSR count). The van der Waals surface area contributed by atoms with E-state index in [0.29, 0.717) is 6.04 Å². The Balaban J connectivity index is 1.46. The molecule has 1 saturated carbocycles. The third kappa shape index (κ3) is 2.52. The van der Waals surface area contributed by atoms with E-state index < -0.39 is 0 Å². The molecule has 6 nitrogen and oxygen atoms in total. The molecule has 2 aromatic heterocycles. The molecule has 0 radical (unpaired) electrons. The van der Waals surface area contributed by atoms with E-state index in [9.17, 15) is 0 Å². The van der Waals surface area contributed by atoms with Crippen LogP contribution in [0.25, 0.3) is 0 Å². The predicted octanol–water partition coefficient (Wildman–Crippen LogP) is 0.668. The van der Waals surface area contributed by atoms with Crippen molar-refractivity contribution in [3.63, 3.8) is 0 Å². The summed E-state index contributed by atoms with van der Waals surface area (Å²) in [7, 11) is 0. The molecule has 1 fully saturated rings. The highest BCUT2D eigenvalue weighted by molar-refractivity contribution is 5.03. The number of H-pyrrole nitrogens is 1. The normalized spacial score (nSPS) is 15.3. The number of aromatic nitrogens is 5. The van der Waals surface area contributed by atoms with Crippen LogP contribution in [-0.2, 0) is 13.0 Å². The van der Waals surface area contributed by atoms with Gasteiger partial charge in [0.1, 0.15) is 12.2 Å². The van der Waals surface area contributed by atoms with Crippen molar-refractivity contribution >= 4 is 0 Å². The molecule has 0 amide bonds. The number of aromatic amines is 1. The zero-order valence-corrected chi connectivity index (χ0v) is 9.63. The lowest BCUT2D eigenvalue weighted by atomic mass is 10.4. The molecule has 0 aliphatic heterocycles. The average molecular weight is 232 g/mol. The second kappa shape index (κ2) is 4.67. The maximum atomic E-state index is 4.21. The van der Waals surface area contributed by atoms with Gasteiger partial charge in [0.15, 0.2) is 0 Å². The van der Waals surface area contributed by atoms with Gasteiger partial charge in [-0.1, -0.05) is 0 Å². The maximum Gasteiger partial charge on any atom is 0.137 e. The van der Waals surface area contributed by atoms with Gasteiger partial charge in [0.25, 0.3) is 0 Å². The molecule has 0 bridgehead atoms. The molecular formula is C11H16N6. The van der Waals surface area contributed by atoms with Crippen LogP contribution in [0.5, 0.6) is 0 Å². The van der Waals surface area contributed by atoms with Crippen molar-refractivity contribution in [3.05, 3.63) is 30.4 Å². The fourth-order valence-corrected chi connectivity index (χ4v) is 1.92. The quantitative estimate of drug-likeness (QED) is 0.718. The molecule has 0 saturated heterocycles. The van der Waals surface area contributed by atoms with Crippen molar-refractivity contribution in [2.24, 2.45) is 0 Å². The van der Waals surface area contributed by atoms with Crippen molar-refractivity contribution in [2.75, 3.05) is 6.54 Å². The van der Waals surface area contributed by atoms with E-state index in [1.54, 1.807) is 0 Å². The Kier molecular flexibility index (Phi) is 2.87. The minimum absolute atomic E-state index is 0.698. The minimum Gasteiger partial charge on any atom is -0.330 e. The van der Waals surface area contributed by atoms with Gasteiger partial charge < -0.3 is 9.88 Å². The van der Waals surface area contributed by atoms with E-state index in [1.165, 1.54) is 24.9 Å². The molecule has 2 N–H and O–H groups in total. The maximum absolute atomic E-state index is 4.21. The van der Waals surface area contributed by atoms with Crippen LogP contribution in [-0.4, -0.2) is 31.3 Å². The Morgan fingerprint density at radius 1 is 1.47 bits per heavy atom. The van der Waals surface area contributed by atoms with Crippen LogP contribution >= 0.6 is 0 Å². The highest BCUT2D eigenvalue weighted by atomic mass is 15.2. The van der Waals surface area contributed by atoms with Gasteiger partial charge in [-0.3, -0.25) is 5.10 Å². The van der Waals surface area contributed by atoms with E-state index in [0.717, 1.165) is 25.3 Å². The first kappa shape index (κ1) is 10.5. The minimum atomic E-state index is 0.698. The third-order valence-electron chi connectivity index (χ3n) is 3.00. The van der Waals surface area contributed by atoms with Crippen LogP contribution in [0.2, 0.25) is 0 Å². The van der Waals surface area contributed by atoms with Gasteiger partial charge in [-0.15, -0.1) is 0 Å². The zero-order valence-electron chi connectivity index (χ0n) is 9.63. The van der Waals surface area contributed by atoms with Gasteiger partial charge in [0.05, 0.1) is 12.0 Å². The van der Waals surface area contributed by atoms with Crippen molar-refractivity contribution < 1.29 is 0 Å². The van der Waals surface area contributed by atoms with Crippen LogP contribution < -0.4 is 5.32 Å². The van der Waals surface area contributed by atoms with Gasteiger partial charge in [0.2, 0.25) is 0 Å². The molecule has 1 aliphatic rings. The highest BCUT2D eigenvalue weighted by Gasteiger charge is 2.24. The summed E-state index contributed by atoms with van der Waals surface area (Å²) in [5.41, 5.74) is 1.27. The number of hydrogen-bond donors (Lipinski definition) is 2. The second-order valence-electron chi connectivity index (χ2n) is 4.38. The largest absolute Gasteiger partial charge is 0.330 e. The first-order valence-corrected chi connectivity index (χ1v) is 5.99. The van der Waals surface area contributed by atoms with E-state index in [1.807, 2.05) is 12.5 Å². The first-order chi connectivity index (χ1) is 8.43. The van der Waals surface area contributed by atoms with Crippen molar-refractivity contribution in [1.82, 2.24) is 30.0 Å². The predicted molar refractivity (Wildman–Crippen MR) is 62.3 cm³/mol. The number of rotatable bonds is 6. The lowest BCUT2D eigenvalue weighted by Gasteiger charge is -2.07. The topological polar surface area (TPSA) is 71.4 Å². The van der Waals surface area contributed by atoms with Gasteiger partial charge in [-0.05, 0) is 12.8 Å². The number of hydrogen-bond acceptors (Lipinski definition) is 4. The zero-order chi connectivity index (χ0) is 11.5. The fraction of sp³-hybridized carbons (Fsp3) is 0.545. The summed E-state index contributed by atoms with van der Waals surface area (Å²) in [5.74, 6) is 0.924. The van der Waals surface area contributed by atoms with Crippen LogP contribution in [0.1, 0.15) is 30.4 Å². The van der Waals surface area contributed by atoms with Crippen LogP contribution in [0.3, 0.4) is 0 Å². The molecule has 0 aromatic carbocycles. The molecule has 1 aliphatic carbocycles. The van der Waals surface area contributed by atoms with E-state index in [-0.39, 0.29) is 0 Å². The Morgan fingerprint density at radius 2 is 2.41 bits per heavy atom. The Bertz CT molecular complexity index is 456. The van der Waals surface area contributed by atoms with Crippen molar-refractivity contribution in [3.8, 4) is 0 Å². The second-order valence-corrected chi connectivity index (χ2v) is 4.38. The summed E-state index contributed by atoms with van der Waals surface area (Å²) in [6.45, 7) is 1.76. The molecule has 0 unspecified atom stereocenters. The lowest BCUT2D eigenvalue weighted by Crippen LogP contribution is -2.19. The molecular weight excluding hydrogens is 216 g/mol. The number of nitrogens with one attached hydrogen (secondary N) is 2. The average Bonchev–Trinajstić information content (AvgIpc) is 2.89. The summed E-state index contributed by atoms with van der Waals surface area (Å²) in [4.78, 5) is 8.29. The molecule has 17 heavy (non-hydrogen) atoms. The monoisotopic (exact) mass is 232 g/mol. The van der Waals surface area contributed by atoms with E-state index >= 15 is 0 Å². The number of imidazole rings is 1. The molecule has 6 heteroatoms. The fourth-order valence-electron chi connectivity index (χ4n) is 1.92. The smallest absolute Gasteiger partial charge is 0.137 e. The molecule has 0 spiro atoms. The van der Waals surface area contributed by atoms with Crippen LogP contribution in [0, 0.1) is 0 Å². The summed E-state index contributed by atoms with van der Waals surface area (Å²) in [6.07, 6.45) is 8.88. The van der Waals surface area contributed by atoms with Gasteiger partial charge in [0, 0.05) is 31.7 Å². The van der Waals surface area contributed by atoms with Gasteiger partial charge in [-0.2, -0.15) is 5.10 Å². The Labute approximate surface area is 99.5 Å².